The van der Waals surface area contributed by atoms with Gasteiger partial charge in [0.25, 0.3) is 0 Å². The third kappa shape index (κ3) is 3.55. The van der Waals surface area contributed by atoms with Crippen LogP contribution in [0.2, 0.25) is 0 Å². The lowest BCUT2D eigenvalue weighted by atomic mass is 9.85. The highest BCUT2D eigenvalue weighted by molar-refractivity contribution is 6.11. The van der Waals surface area contributed by atoms with E-state index in [9.17, 15) is 14.4 Å². The summed E-state index contributed by atoms with van der Waals surface area (Å²) >= 11 is 0. The van der Waals surface area contributed by atoms with Gasteiger partial charge in [-0.05, 0) is 33.3 Å². The van der Waals surface area contributed by atoms with Crippen molar-refractivity contribution in [2.45, 2.75) is 39.9 Å². The van der Waals surface area contributed by atoms with Crippen molar-refractivity contribution in [3.63, 3.8) is 0 Å². The summed E-state index contributed by atoms with van der Waals surface area (Å²) in [6.07, 6.45) is 0. The summed E-state index contributed by atoms with van der Waals surface area (Å²) < 4.78 is 5.30. The predicted molar refractivity (Wildman–Crippen MR) is 86.1 cm³/mol. The number of hydrogen-bond acceptors (Lipinski definition) is 6. The third-order valence-electron chi connectivity index (χ3n) is 3.70. The predicted octanol–water partition coefficient (Wildman–Crippen LogP) is 2.07. The van der Waals surface area contributed by atoms with Crippen LogP contribution in [-0.4, -0.2) is 34.9 Å². The Kier molecular flexibility index (Phi) is 4.92. The zero-order chi connectivity index (χ0) is 18.0. The standard InChI is InChI=1S/C18H21NO5/c1-17(2,3)24-16(22)18(4)14(11-20)19(10-15(18)21)23-12-13-8-6-5-7-9-13/h5-9H,10,12H2,1-4H3/t18-/m0/s1. The summed E-state index contributed by atoms with van der Waals surface area (Å²) in [4.78, 5) is 41.8. The molecule has 0 bridgehead atoms. The average molecular weight is 331 g/mol. The zero-order valence-corrected chi connectivity index (χ0v) is 14.3. The molecule has 1 fully saturated rings. The Morgan fingerprint density at radius 2 is 1.92 bits per heavy atom. The molecule has 0 radical (unpaired) electrons. The summed E-state index contributed by atoms with van der Waals surface area (Å²) in [7, 11) is 0. The maximum absolute atomic E-state index is 12.5. The fraction of sp³-hybridized carbons (Fsp3) is 0.444. The Morgan fingerprint density at radius 1 is 1.29 bits per heavy atom. The molecular formula is C18H21NO5. The molecule has 2 rings (SSSR count). The molecule has 128 valence electrons. The minimum Gasteiger partial charge on any atom is -0.459 e. The molecule has 6 nitrogen and oxygen atoms in total. The van der Waals surface area contributed by atoms with Crippen LogP contribution in [0, 0.1) is 5.41 Å². The Labute approximate surface area is 141 Å². The molecule has 1 atom stereocenters. The smallest absolute Gasteiger partial charge is 0.326 e. The fourth-order valence-corrected chi connectivity index (χ4v) is 2.33. The third-order valence-corrected chi connectivity index (χ3v) is 3.70. The van der Waals surface area contributed by atoms with Gasteiger partial charge < -0.3 is 4.74 Å². The maximum Gasteiger partial charge on any atom is 0.326 e. The molecule has 0 aromatic heterocycles. The molecule has 0 saturated carbocycles. The van der Waals surface area contributed by atoms with Gasteiger partial charge >= 0.3 is 5.97 Å². The Bertz CT molecular complexity index is 685. The lowest BCUT2D eigenvalue weighted by Gasteiger charge is -2.27. The first-order chi connectivity index (χ1) is 11.2. The van der Waals surface area contributed by atoms with Crippen LogP contribution in [0.3, 0.4) is 0 Å². The van der Waals surface area contributed by atoms with Crippen molar-refractivity contribution in [1.29, 1.82) is 0 Å². The molecule has 0 N–H and O–H groups in total. The van der Waals surface area contributed by atoms with E-state index in [0.29, 0.717) is 0 Å². The van der Waals surface area contributed by atoms with E-state index in [1.165, 1.54) is 6.92 Å². The number of ether oxygens (including phenoxy) is 1. The molecule has 24 heavy (non-hydrogen) atoms. The van der Waals surface area contributed by atoms with Crippen LogP contribution in [0.1, 0.15) is 33.3 Å². The van der Waals surface area contributed by atoms with Crippen molar-refractivity contribution in [2.24, 2.45) is 5.41 Å². The molecule has 1 heterocycles. The lowest BCUT2D eigenvalue weighted by molar-refractivity contribution is -0.167. The molecule has 0 unspecified atom stereocenters. The zero-order valence-electron chi connectivity index (χ0n) is 14.3. The molecule has 1 aromatic carbocycles. The van der Waals surface area contributed by atoms with Gasteiger partial charge in [-0.25, -0.2) is 9.86 Å². The van der Waals surface area contributed by atoms with Gasteiger partial charge in [0.05, 0.1) is 6.61 Å². The largest absolute Gasteiger partial charge is 0.459 e. The maximum atomic E-state index is 12.5. The second kappa shape index (κ2) is 6.59. The number of benzene rings is 1. The first-order valence-electron chi connectivity index (χ1n) is 7.65. The Hall–Kier alpha value is -2.43. The van der Waals surface area contributed by atoms with Crippen LogP contribution in [-0.2, 0) is 30.6 Å². The van der Waals surface area contributed by atoms with Crippen LogP contribution in [0.15, 0.2) is 36.0 Å². The van der Waals surface area contributed by atoms with Gasteiger partial charge in [0.15, 0.2) is 11.2 Å². The number of carbonyl (C=O) groups is 2. The van der Waals surface area contributed by atoms with E-state index in [0.717, 1.165) is 10.6 Å². The molecule has 1 aromatic rings. The normalized spacial score (nSPS) is 20.9. The van der Waals surface area contributed by atoms with Gasteiger partial charge in [-0.3, -0.25) is 14.4 Å². The first kappa shape index (κ1) is 17.9. The lowest BCUT2D eigenvalue weighted by Crippen LogP contribution is -2.40. The van der Waals surface area contributed by atoms with Crippen LogP contribution in [0.4, 0.5) is 0 Å². The van der Waals surface area contributed by atoms with E-state index in [-0.39, 0.29) is 18.8 Å². The number of nitrogens with zero attached hydrogens (tertiary/aromatic N) is 1. The minimum absolute atomic E-state index is 0.155. The number of hydroxylamine groups is 2. The van der Waals surface area contributed by atoms with Gasteiger partial charge in [-0.2, -0.15) is 0 Å². The van der Waals surface area contributed by atoms with Gasteiger partial charge in [-0.1, -0.05) is 30.3 Å². The van der Waals surface area contributed by atoms with Crippen molar-refractivity contribution < 1.29 is 24.0 Å². The number of carbonyl (C=O) groups excluding carboxylic acids is 3. The number of rotatable bonds is 4. The number of hydrogen-bond donors (Lipinski definition) is 0. The highest BCUT2D eigenvalue weighted by Crippen LogP contribution is 2.38. The van der Waals surface area contributed by atoms with Gasteiger partial charge in [0.1, 0.15) is 23.8 Å². The number of Topliss-reactive ketones (excluding diaryl/α,β-unsaturated/α-hetero) is 1. The Balaban J connectivity index is 2.18. The van der Waals surface area contributed by atoms with Crippen LogP contribution in [0.5, 0.6) is 0 Å². The van der Waals surface area contributed by atoms with E-state index in [1.807, 2.05) is 30.3 Å². The van der Waals surface area contributed by atoms with E-state index in [1.54, 1.807) is 26.7 Å². The highest BCUT2D eigenvalue weighted by atomic mass is 16.7. The summed E-state index contributed by atoms with van der Waals surface area (Å²) in [5.74, 6) is 0.455. The van der Waals surface area contributed by atoms with Crippen molar-refractivity contribution in [1.82, 2.24) is 5.06 Å². The highest BCUT2D eigenvalue weighted by Gasteiger charge is 2.56. The molecule has 1 aliphatic heterocycles. The number of esters is 1. The molecule has 0 aliphatic carbocycles. The second-order valence-corrected chi connectivity index (χ2v) is 6.80. The minimum atomic E-state index is -1.70. The van der Waals surface area contributed by atoms with Crippen molar-refractivity contribution in [3.05, 3.63) is 41.6 Å². The molecule has 0 spiro atoms. The van der Waals surface area contributed by atoms with E-state index >= 15 is 0 Å². The summed E-state index contributed by atoms with van der Waals surface area (Å²) in [6.45, 7) is 6.43. The summed E-state index contributed by atoms with van der Waals surface area (Å²) in [5.41, 5.74) is -1.75. The SMILES string of the molecule is CC(C)(C)OC(=O)[C@]1(C)C(=O)CN(OCc2ccccc2)C1=C=O. The monoisotopic (exact) mass is 331 g/mol. The van der Waals surface area contributed by atoms with Crippen molar-refractivity contribution >= 4 is 17.7 Å². The van der Waals surface area contributed by atoms with Crippen LogP contribution < -0.4 is 0 Å². The van der Waals surface area contributed by atoms with Crippen LogP contribution in [0.25, 0.3) is 0 Å². The van der Waals surface area contributed by atoms with E-state index < -0.39 is 22.8 Å². The van der Waals surface area contributed by atoms with Gasteiger partial charge in [-0.15, -0.1) is 0 Å². The molecule has 6 heteroatoms. The first-order valence-corrected chi connectivity index (χ1v) is 7.65. The second-order valence-electron chi connectivity index (χ2n) is 6.80. The molecular weight excluding hydrogens is 310 g/mol. The fourth-order valence-electron chi connectivity index (χ4n) is 2.33. The van der Waals surface area contributed by atoms with E-state index in [2.05, 4.69) is 0 Å². The Morgan fingerprint density at radius 3 is 2.46 bits per heavy atom. The topological polar surface area (TPSA) is 72.9 Å². The van der Waals surface area contributed by atoms with E-state index in [4.69, 9.17) is 9.57 Å². The summed E-state index contributed by atoms with van der Waals surface area (Å²) in [6, 6.07) is 9.30. The molecule has 1 saturated heterocycles. The van der Waals surface area contributed by atoms with Crippen LogP contribution >= 0.6 is 0 Å². The average Bonchev–Trinajstić information content (AvgIpc) is 2.76. The molecule has 0 amide bonds. The number of ketones is 1. The quantitative estimate of drug-likeness (QED) is 0.478. The van der Waals surface area contributed by atoms with Gasteiger partial charge in [0.2, 0.25) is 0 Å². The van der Waals surface area contributed by atoms with Crippen molar-refractivity contribution in [2.75, 3.05) is 6.54 Å². The van der Waals surface area contributed by atoms with Crippen molar-refractivity contribution in [3.8, 4) is 0 Å². The molecule has 1 aliphatic rings. The summed E-state index contributed by atoms with van der Waals surface area (Å²) in [5, 5.41) is 1.13. The van der Waals surface area contributed by atoms with Gasteiger partial charge in [0, 0.05) is 0 Å².